The Balaban J connectivity index is 2.04. The normalized spacial score (nSPS) is 11.5. The molecule has 0 aromatic heterocycles. The molecule has 2 aromatic rings. The number of nitrogens with one attached hydrogen (secondary N) is 1. The van der Waals surface area contributed by atoms with E-state index in [1.54, 1.807) is 13.0 Å². The Morgan fingerprint density at radius 2 is 1.92 bits per heavy atom. The molecular weight excluding hydrogens is 427 g/mol. The molecule has 0 unspecified atom stereocenters. The highest BCUT2D eigenvalue weighted by Crippen LogP contribution is 2.23. The summed E-state index contributed by atoms with van der Waals surface area (Å²) < 4.78 is 45.0. The quantitative estimate of drug-likeness (QED) is 0.742. The van der Waals surface area contributed by atoms with Gasteiger partial charge in [-0.2, -0.15) is 0 Å². The summed E-state index contributed by atoms with van der Waals surface area (Å²) >= 11 is 3.14. The Morgan fingerprint density at radius 1 is 1.23 bits per heavy atom. The van der Waals surface area contributed by atoms with Gasteiger partial charge in [-0.1, -0.05) is 15.9 Å². The lowest BCUT2D eigenvalue weighted by atomic mass is 10.2. The Morgan fingerprint density at radius 3 is 2.50 bits per heavy atom. The van der Waals surface area contributed by atoms with E-state index in [1.807, 2.05) is 0 Å². The minimum absolute atomic E-state index is 0.0472. The molecule has 9 heteroatoms. The van der Waals surface area contributed by atoms with E-state index in [1.165, 1.54) is 44.4 Å². The summed E-state index contributed by atoms with van der Waals surface area (Å²) in [4.78, 5) is 12.1. The Hall–Kier alpha value is -1.97. The molecule has 6 nitrogen and oxygen atoms in total. The number of anilines is 1. The number of carbonyl (C=O) groups excluding carboxylic acids is 1. The molecule has 0 aliphatic rings. The van der Waals surface area contributed by atoms with Gasteiger partial charge in [-0.05, 0) is 48.9 Å². The number of benzene rings is 2. The number of rotatable bonds is 6. The first-order valence-electron chi connectivity index (χ1n) is 7.52. The van der Waals surface area contributed by atoms with Crippen molar-refractivity contribution in [2.45, 2.75) is 11.8 Å². The van der Waals surface area contributed by atoms with Crippen molar-refractivity contribution in [2.24, 2.45) is 0 Å². The largest absolute Gasteiger partial charge is 0.483 e. The van der Waals surface area contributed by atoms with Crippen LogP contribution < -0.4 is 10.1 Å². The zero-order valence-corrected chi connectivity index (χ0v) is 16.8. The summed E-state index contributed by atoms with van der Waals surface area (Å²) in [7, 11) is -0.653. The molecule has 26 heavy (non-hydrogen) atoms. The molecule has 2 rings (SSSR count). The van der Waals surface area contributed by atoms with Crippen LogP contribution in [0.4, 0.5) is 10.1 Å². The minimum Gasteiger partial charge on any atom is -0.483 e. The molecule has 0 heterocycles. The monoisotopic (exact) mass is 444 g/mol. The second-order valence-electron chi connectivity index (χ2n) is 5.68. The smallest absolute Gasteiger partial charge is 0.262 e. The number of halogens is 2. The van der Waals surface area contributed by atoms with Crippen LogP contribution in [0.25, 0.3) is 0 Å². The molecule has 0 aliphatic heterocycles. The van der Waals surface area contributed by atoms with Crippen molar-refractivity contribution >= 4 is 37.5 Å². The van der Waals surface area contributed by atoms with Gasteiger partial charge in [0.1, 0.15) is 11.6 Å². The third-order valence-corrected chi connectivity index (χ3v) is 5.79. The molecule has 0 bridgehead atoms. The predicted molar refractivity (Wildman–Crippen MR) is 100 cm³/mol. The van der Waals surface area contributed by atoms with Gasteiger partial charge in [0.15, 0.2) is 6.61 Å². The summed E-state index contributed by atoms with van der Waals surface area (Å²) in [6, 6.07) is 8.64. The second kappa shape index (κ2) is 8.15. The van der Waals surface area contributed by atoms with Crippen LogP contribution in [0.3, 0.4) is 0 Å². The number of nitrogens with zero attached hydrogens (tertiary/aromatic N) is 1. The minimum atomic E-state index is -3.54. The first-order valence-corrected chi connectivity index (χ1v) is 9.75. The van der Waals surface area contributed by atoms with Crippen LogP contribution >= 0.6 is 15.9 Å². The lowest BCUT2D eigenvalue weighted by molar-refractivity contribution is -0.118. The summed E-state index contributed by atoms with van der Waals surface area (Å²) in [5.74, 6) is -0.730. The topological polar surface area (TPSA) is 75.7 Å². The Kier molecular flexibility index (Phi) is 6.38. The lowest BCUT2D eigenvalue weighted by Crippen LogP contribution is -2.22. The van der Waals surface area contributed by atoms with Crippen LogP contribution in [0.15, 0.2) is 45.8 Å². The van der Waals surface area contributed by atoms with E-state index in [9.17, 15) is 17.6 Å². The van der Waals surface area contributed by atoms with E-state index < -0.39 is 21.7 Å². The van der Waals surface area contributed by atoms with E-state index in [-0.39, 0.29) is 17.2 Å². The lowest BCUT2D eigenvalue weighted by Gasteiger charge is -2.14. The highest BCUT2D eigenvalue weighted by atomic mass is 79.9. The number of carbonyl (C=O) groups is 1. The molecule has 140 valence electrons. The van der Waals surface area contributed by atoms with Gasteiger partial charge in [0.25, 0.3) is 5.91 Å². The van der Waals surface area contributed by atoms with E-state index in [0.29, 0.717) is 15.8 Å². The van der Waals surface area contributed by atoms with Gasteiger partial charge in [0.05, 0.1) is 10.6 Å². The van der Waals surface area contributed by atoms with Crippen molar-refractivity contribution in [1.82, 2.24) is 4.31 Å². The van der Waals surface area contributed by atoms with Crippen LogP contribution in [0.5, 0.6) is 5.75 Å². The van der Waals surface area contributed by atoms with Crippen molar-refractivity contribution in [3.63, 3.8) is 0 Å². The number of hydrogen-bond donors (Lipinski definition) is 1. The van der Waals surface area contributed by atoms with Crippen molar-refractivity contribution in [2.75, 3.05) is 26.0 Å². The maximum absolute atomic E-state index is 13.7. The third kappa shape index (κ3) is 4.80. The molecule has 0 atom stereocenters. The summed E-state index contributed by atoms with van der Waals surface area (Å²) in [6.07, 6.45) is 0. The number of hydrogen-bond acceptors (Lipinski definition) is 4. The number of ether oxygens (including phenoxy) is 1. The highest BCUT2D eigenvalue weighted by Gasteiger charge is 2.18. The van der Waals surface area contributed by atoms with Crippen LogP contribution in [0, 0.1) is 12.7 Å². The Bertz CT molecular complexity index is 932. The first kappa shape index (κ1) is 20.3. The molecule has 1 amide bonds. The van der Waals surface area contributed by atoms with Crippen LogP contribution in [0.2, 0.25) is 0 Å². The molecule has 0 radical (unpaired) electrons. The maximum Gasteiger partial charge on any atom is 0.262 e. The summed E-state index contributed by atoms with van der Waals surface area (Å²) in [5.41, 5.74) is 0.612. The fraction of sp³-hybridized carbons (Fsp3) is 0.235. The molecule has 0 aliphatic carbocycles. The zero-order valence-electron chi connectivity index (χ0n) is 14.4. The molecule has 0 saturated carbocycles. The van der Waals surface area contributed by atoms with Gasteiger partial charge in [0.2, 0.25) is 10.0 Å². The fourth-order valence-corrected chi connectivity index (χ4v) is 3.40. The first-order chi connectivity index (χ1) is 12.1. The standard InChI is InChI=1S/C17H18BrFN2O4S/c1-11-8-13(26(23,24)21(2)3)5-7-16(11)25-10-17(22)20-15-6-4-12(18)9-14(15)19/h4-9H,10H2,1-3H3,(H,20,22). The van der Waals surface area contributed by atoms with Gasteiger partial charge < -0.3 is 10.1 Å². The summed E-state index contributed by atoms with van der Waals surface area (Å²) in [5, 5.41) is 2.42. The van der Waals surface area contributed by atoms with Crippen LogP contribution in [-0.2, 0) is 14.8 Å². The number of aryl methyl sites for hydroxylation is 1. The molecule has 0 spiro atoms. The van der Waals surface area contributed by atoms with Gasteiger partial charge >= 0.3 is 0 Å². The highest BCUT2D eigenvalue weighted by molar-refractivity contribution is 9.10. The van der Waals surface area contributed by atoms with Crippen molar-refractivity contribution < 1.29 is 22.3 Å². The summed E-state index contributed by atoms with van der Waals surface area (Å²) in [6.45, 7) is 1.34. The van der Waals surface area contributed by atoms with Gasteiger partial charge in [-0.25, -0.2) is 17.1 Å². The average molecular weight is 445 g/mol. The molecule has 1 N–H and O–H groups in total. The molecule has 0 saturated heterocycles. The van der Waals surface area contributed by atoms with E-state index in [0.717, 1.165) is 4.31 Å². The third-order valence-electron chi connectivity index (χ3n) is 3.49. The van der Waals surface area contributed by atoms with E-state index >= 15 is 0 Å². The van der Waals surface area contributed by atoms with Gasteiger partial charge in [-0.3, -0.25) is 4.79 Å². The van der Waals surface area contributed by atoms with Crippen molar-refractivity contribution in [3.05, 3.63) is 52.3 Å². The number of amides is 1. The van der Waals surface area contributed by atoms with E-state index in [2.05, 4.69) is 21.2 Å². The fourth-order valence-electron chi connectivity index (χ4n) is 2.08. The number of sulfonamides is 1. The van der Waals surface area contributed by atoms with Crippen molar-refractivity contribution in [1.29, 1.82) is 0 Å². The molecule has 0 fully saturated rings. The maximum atomic E-state index is 13.7. The zero-order chi connectivity index (χ0) is 19.5. The SMILES string of the molecule is Cc1cc(S(=O)(=O)N(C)C)ccc1OCC(=O)Nc1ccc(Br)cc1F. The molecular formula is C17H18BrFN2O4S. The second-order valence-corrected chi connectivity index (χ2v) is 8.74. The van der Waals surface area contributed by atoms with E-state index in [4.69, 9.17) is 4.74 Å². The Labute approximate surface area is 160 Å². The van der Waals surface area contributed by atoms with Crippen LogP contribution in [-0.4, -0.2) is 39.3 Å². The predicted octanol–water partition coefficient (Wildman–Crippen LogP) is 3.16. The van der Waals surface area contributed by atoms with Gasteiger partial charge in [0, 0.05) is 18.6 Å². The average Bonchev–Trinajstić information content (AvgIpc) is 2.56. The van der Waals surface area contributed by atoms with Crippen molar-refractivity contribution in [3.8, 4) is 5.75 Å². The van der Waals surface area contributed by atoms with Crippen LogP contribution in [0.1, 0.15) is 5.56 Å². The molecule has 2 aromatic carbocycles. The van der Waals surface area contributed by atoms with Gasteiger partial charge in [-0.15, -0.1) is 0 Å².